The smallest absolute Gasteiger partial charge is 0.304 e. The number of fused-ring (bicyclic) bond motifs is 1. The average molecular weight is 381 g/mol. The SMILES string of the molecule is CN1CCN(C2CCCc3[nH]n(-c4ccc(C(F)(F)F)cn4)c(=O)c32)CC1. The summed E-state index contributed by atoms with van der Waals surface area (Å²) in [6, 6.07) is 2.24. The van der Waals surface area contributed by atoms with Crippen molar-refractivity contribution >= 4 is 0 Å². The number of H-pyrrole nitrogens is 1. The maximum absolute atomic E-state index is 13.0. The van der Waals surface area contributed by atoms with Gasteiger partial charge in [-0.1, -0.05) is 0 Å². The lowest BCUT2D eigenvalue weighted by Gasteiger charge is -2.39. The number of piperazine rings is 1. The lowest BCUT2D eigenvalue weighted by atomic mass is 9.91. The Kier molecular flexibility index (Phi) is 4.59. The highest BCUT2D eigenvalue weighted by Crippen LogP contribution is 2.33. The number of aryl methyl sites for hydroxylation is 1. The second-order valence-electron chi connectivity index (χ2n) is 7.29. The van der Waals surface area contributed by atoms with Gasteiger partial charge in [0.1, 0.15) is 0 Å². The van der Waals surface area contributed by atoms with E-state index in [1.54, 1.807) is 0 Å². The van der Waals surface area contributed by atoms with E-state index in [9.17, 15) is 18.0 Å². The van der Waals surface area contributed by atoms with Crippen LogP contribution in [0.1, 0.15) is 35.7 Å². The average Bonchev–Trinajstić information content (AvgIpc) is 2.99. The summed E-state index contributed by atoms with van der Waals surface area (Å²) in [5, 5.41) is 3.08. The number of aromatic amines is 1. The lowest BCUT2D eigenvalue weighted by molar-refractivity contribution is -0.137. The summed E-state index contributed by atoms with van der Waals surface area (Å²) in [4.78, 5) is 21.5. The molecule has 4 rings (SSSR count). The zero-order valence-electron chi connectivity index (χ0n) is 15.1. The van der Waals surface area contributed by atoms with Crippen molar-refractivity contribution in [3.63, 3.8) is 0 Å². The predicted octanol–water partition coefficient (Wildman–Crippen LogP) is 2.20. The van der Waals surface area contributed by atoms with Crippen LogP contribution < -0.4 is 5.56 Å². The second-order valence-corrected chi connectivity index (χ2v) is 7.29. The van der Waals surface area contributed by atoms with Gasteiger partial charge in [-0.25, -0.2) is 9.67 Å². The van der Waals surface area contributed by atoms with Crippen LogP contribution in [-0.2, 0) is 12.6 Å². The van der Waals surface area contributed by atoms with E-state index in [-0.39, 0.29) is 17.4 Å². The van der Waals surface area contributed by atoms with Crippen molar-refractivity contribution < 1.29 is 13.2 Å². The zero-order chi connectivity index (χ0) is 19.2. The molecule has 2 aromatic heterocycles. The summed E-state index contributed by atoms with van der Waals surface area (Å²) >= 11 is 0. The molecule has 1 aliphatic heterocycles. The van der Waals surface area contributed by atoms with Gasteiger partial charge in [-0.15, -0.1) is 0 Å². The Morgan fingerprint density at radius 1 is 1.19 bits per heavy atom. The summed E-state index contributed by atoms with van der Waals surface area (Å²) in [5.41, 5.74) is 0.580. The highest BCUT2D eigenvalue weighted by atomic mass is 19.4. The molecule has 27 heavy (non-hydrogen) atoms. The minimum Gasteiger partial charge on any atom is -0.304 e. The fraction of sp³-hybridized carbons (Fsp3) is 0.556. The standard InChI is InChI=1S/C18H22F3N5O/c1-24-7-9-25(10-8-24)14-4-2-3-13-16(14)17(27)26(23-13)15-6-5-12(11-22-15)18(19,20)21/h5-6,11,14,23H,2-4,7-10H2,1H3. The number of nitrogens with zero attached hydrogens (tertiary/aromatic N) is 4. The van der Waals surface area contributed by atoms with Crippen LogP contribution in [0, 0.1) is 0 Å². The topological polar surface area (TPSA) is 57.2 Å². The van der Waals surface area contributed by atoms with Crippen LogP contribution in [0.3, 0.4) is 0 Å². The summed E-state index contributed by atoms with van der Waals surface area (Å²) in [6.45, 7) is 3.74. The number of likely N-dealkylation sites (N-methyl/N-ethyl adjacent to an activating group) is 1. The van der Waals surface area contributed by atoms with E-state index in [1.807, 2.05) is 0 Å². The number of hydrogen-bond acceptors (Lipinski definition) is 4. The van der Waals surface area contributed by atoms with Crippen LogP contribution in [0.4, 0.5) is 13.2 Å². The Hall–Kier alpha value is -2.13. The van der Waals surface area contributed by atoms with E-state index in [1.165, 1.54) is 10.7 Å². The van der Waals surface area contributed by atoms with Crippen LogP contribution in [0.2, 0.25) is 0 Å². The molecule has 1 saturated heterocycles. The van der Waals surface area contributed by atoms with Crippen molar-refractivity contribution in [1.82, 2.24) is 24.6 Å². The van der Waals surface area contributed by atoms with Crippen molar-refractivity contribution in [3.8, 4) is 5.82 Å². The van der Waals surface area contributed by atoms with Crippen LogP contribution >= 0.6 is 0 Å². The Labute approximate surface area is 154 Å². The van der Waals surface area contributed by atoms with Gasteiger partial charge in [-0.2, -0.15) is 13.2 Å². The molecule has 1 atom stereocenters. The minimum atomic E-state index is -4.45. The van der Waals surface area contributed by atoms with Gasteiger partial charge in [0, 0.05) is 44.1 Å². The van der Waals surface area contributed by atoms with Crippen molar-refractivity contribution in [2.24, 2.45) is 0 Å². The third-order valence-electron chi connectivity index (χ3n) is 5.53. The van der Waals surface area contributed by atoms with Crippen LogP contribution in [0.15, 0.2) is 23.1 Å². The molecule has 0 saturated carbocycles. The highest BCUT2D eigenvalue weighted by molar-refractivity contribution is 5.32. The van der Waals surface area contributed by atoms with E-state index in [0.29, 0.717) is 0 Å². The van der Waals surface area contributed by atoms with Gasteiger partial charge in [0.2, 0.25) is 0 Å². The van der Waals surface area contributed by atoms with Gasteiger partial charge >= 0.3 is 6.18 Å². The van der Waals surface area contributed by atoms with Gasteiger partial charge in [-0.05, 0) is 38.4 Å². The first-order chi connectivity index (χ1) is 12.8. The van der Waals surface area contributed by atoms with Crippen molar-refractivity contribution in [3.05, 3.63) is 45.5 Å². The molecule has 0 spiro atoms. The lowest BCUT2D eigenvalue weighted by Crippen LogP contribution is -2.47. The summed E-state index contributed by atoms with van der Waals surface area (Å²) in [7, 11) is 2.09. The largest absolute Gasteiger partial charge is 0.417 e. The molecule has 9 heteroatoms. The van der Waals surface area contributed by atoms with Crippen LogP contribution in [0.5, 0.6) is 0 Å². The maximum atomic E-state index is 13.0. The molecule has 3 heterocycles. The molecular formula is C18H22F3N5O. The first kappa shape index (κ1) is 18.2. The first-order valence-electron chi connectivity index (χ1n) is 9.14. The minimum absolute atomic E-state index is 0.0573. The van der Waals surface area contributed by atoms with Crippen LogP contribution in [-0.4, -0.2) is 57.8 Å². The van der Waals surface area contributed by atoms with Gasteiger partial charge in [0.05, 0.1) is 11.1 Å². The van der Waals surface area contributed by atoms with Gasteiger partial charge in [-0.3, -0.25) is 14.8 Å². The Morgan fingerprint density at radius 3 is 2.56 bits per heavy atom. The number of pyridine rings is 1. The van der Waals surface area contributed by atoms with Gasteiger partial charge in [0.15, 0.2) is 5.82 Å². The molecule has 0 amide bonds. The Morgan fingerprint density at radius 2 is 1.93 bits per heavy atom. The summed E-state index contributed by atoms with van der Waals surface area (Å²) in [6.07, 6.45) is -1.02. The van der Waals surface area contributed by atoms with Gasteiger partial charge < -0.3 is 4.90 Å². The highest BCUT2D eigenvalue weighted by Gasteiger charge is 2.33. The molecule has 1 aliphatic carbocycles. The van der Waals surface area contributed by atoms with E-state index in [0.717, 1.165) is 69.0 Å². The second kappa shape index (κ2) is 6.79. The monoisotopic (exact) mass is 381 g/mol. The normalized spacial score (nSPS) is 22.0. The number of hydrogen-bond donors (Lipinski definition) is 1. The van der Waals surface area contributed by atoms with E-state index in [2.05, 4.69) is 26.9 Å². The molecule has 1 fully saturated rings. The molecule has 0 radical (unpaired) electrons. The first-order valence-corrected chi connectivity index (χ1v) is 9.14. The fourth-order valence-corrected chi connectivity index (χ4v) is 3.99. The number of alkyl halides is 3. The third kappa shape index (κ3) is 3.41. The number of halogens is 3. The summed E-state index contributed by atoms with van der Waals surface area (Å²) in [5.74, 6) is 0.180. The molecule has 1 unspecified atom stereocenters. The maximum Gasteiger partial charge on any atom is 0.417 e. The van der Waals surface area contributed by atoms with Gasteiger partial charge in [0.25, 0.3) is 5.56 Å². The third-order valence-corrected chi connectivity index (χ3v) is 5.53. The number of nitrogens with one attached hydrogen (secondary N) is 1. The molecule has 6 nitrogen and oxygen atoms in total. The number of rotatable bonds is 2. The van der Waals surface area contributed by atoms with Crippen molar-refractivity contribution in [1.29, 1.82) is 0 Å². The molecule has 2 aliphatic rings. The Balaban J connectivity index is 1.67. The van der Waals surface area contributed by atoms with E-state index < -0.39 is 11.7 Å². The van der Waals surface area contributed by atoms with Crippen molar-refractivity contribution in [2.45, 2.75) is 31.5 Å². The fourth-order valence-electron chi connectivity index (χ4n) is 3.99. The predicted molar refractivity (Wildman–Crippen MR) is 93.9 cm³/mol. The molecule has 1 N–H and O–H groups in total. The summed E-state index contributed by atoms with van der Waals surface area (Å²) < 4.78 is 39.5. The quantitative estimate of drug-likeness (QED) is 0.867. The molecule has 0 bridgehead atoms. The van der Waals surface area contributed by atoms with Crippen LogP contribution in [0.25, 0.3) is 5.82 Å². The van der Waals surface area contributed by atoms with E-state index >= 15 is 0 Å². The molecular weight excluding hydrogens is 359 g/mol. The van der Waals surface area contributed by atoms with E-state index in [4.69, 9.17) is 0 Å². The zero-order valence-corrected chi connectivity index (χ0v) is 15.1. The van der Waals surface area contributed by atoms with Crippen molar-refractivity contribution in [2.75, 3.05) is 33.2 Å². The molecule has 2 aromatic rings. The molecule has 0 aromatic carbocycles. The molecule has 146 valence electrons. The number of aromatic nitrogens is 3. The Bertz CT molecular complexity index is 863.